The van der Waals surface area contributed by atoms with Crippen LogP contribution in [0.2, 0.25) is 0 Å². The lowest BCUT2D eigenvalue weighted by atomic mass is 10.0. The highest BCUT2D eigenvalue weighted by Gasteiger charge is 2.21. The zero-order chi connectivity index (χ0) is 14.6. The Hall–Kier alpha value is -1.80. The number of carbonyl (C=O) groups excluding carboxylic acids is 1. The molecule has 8 heteroatoms. The number of nitrogens with one attached hydrogen (secondary N) is 3. The highest BCUT2D eigenvalue weighted by atomic mass is 32.2. The number of benzene rings is 1. The molecule has 2 rings (SSSR count). The zero-order valence-electron chi connectivity index (χ0n) is 11.0. The first-order valence-corrected chi connectivity index (χ1v) is 7.88. The van der Waals surface area contributed by atoms with Crippen molar-refractivity contribution in [3.05, 3.63) is 23.8 Å². The van der Waals surface area contributed by atoms with E-state index < -0.39 is 16.1 Å². The van der Waals surface area contributed by atoms with Gasteiger partial charge >= 0.3 is 6.03 Å². The molecule has 0 unspecified atom stereocenters. The summed E-state index contributed by atoms with van der Waals surface area (Å²) in [5, 5.41) is 5.52. The van der Waals surface area contributed by atoms with Gasteiger partial charge in [0.2, 0.25) is 10.0 Å². The van der Waals surface area contributed by atoms with Crippen LogP contribution < -0.4 is 21.1 Å². The minimum Gasteiger partial charge on any atom is -0.385 e. The Morgan fingerprint density at radius 1 is 1.35 bits per heavy atom. The van der Waals surface area contributed by atoms with E-state index in [0.29, 0.717) is 4.90 Å². The Morgan fingerprint density at radius 2 is 2.15 bits per heavy atom. The average molecular weight is 298 g/mol. The van der Waals surface area contributed by atoms with Crippen LogP contribution in [0.3, 0.4) is 0 Å². The van der Waals surface area contributed by atoms with Gasteiger partial charge in [0.15, 0.2) is 0 Å². The fraction of sp³-hybridized carbons (Fsp3) is 0.417. The van der Waals surface area contributed by atoms with Crippen LogP contribution in [0.1, 0.15) is 12.0 Å². The second-order valence-corrected chi connectivity index (χ2v) is 6.24. The number of urea groups is 1. The number of carbonyl (C=O) groups is 1. The summed E-state index contributed by atoms with van der Waals surface area (Å²) in [6, 6.07) is 4.51. The maximum Gasteiger partial charge on any atom is 0.312 e. The van der Waals surface area contributed by atoms with Gasteiger partial charge in [-0.2, -0.15) is 0 Å². The molecule has 0 radical (unpaired) electrons. The quantitative estimate of drug-likeness (QED) is 0.573. The Labute approximate surface area is 118 Å². The second kappa shape index (κ2) is 6.10. The predicted octanol–water partition coefficient (Wildman–Crippen LogP) is -0.00870. The van der Waals surface area contributed by atoms with Gasteiger partial charge in [-0.1, -0.05) is 6.07 Å². The molecule has 0 bridgehead atoms. The van der Waals surface area contributed by atoms with Crippen LogP contribution in [0.5, 0.6) is 0 Å². The molecule has 1 aliphatic rings. The van der Waals surface area contributed by atoms with Crippen molar-refractivity contribution in [2.24, 2.45) is 5.73 Å². The largest absolute Gasteiger partial charge is 0.385 e. The van der Waals surface area contributed by atoms with Crippen molar-refractivity contribution in [3.8, 4) is 0 Å². The maximum absolute atomic E-state index is 12.3. The van der Waals surface area contributed by atoms with Gasteiger partial charge in [0.05, 0.1) is 4.90 Å². The van der Waals surface area contributed by atoms with E-state index >= 15 is 0 Å². The van der Waals surface area contributed by atoms with Gasteiger partial charge < -0.3 is 16.4 Å². The molecule has 1 aromatic carbocycles. The van der Waals surface area contributed by atoms with Crippen molar-refractivity contribution < 1.29 is 13.2 Å². The number of hydrogen-bond acceptors (Lipinski definition) is 4. The van der Waals surface area contributed by atoms with Crippen LogP contribution in [0.4, 0.5) is 10.5 Å². The Bertz CT molecular complexity index is 601. The summed E-state index contributed by atoms with van der Waals surface area (Å²) in [7, 11) is -3.58. The van der Waals surface area contributed by atoms with E-state index in [4.69, 9.17) is 5.73 Å². The van der Waals surface area contributed by atoms with Crippen molar-refractivity contribution in [1.82, 2.24) is 10.0 Å². The fourth-order valence-corrected chi connectivity index (χ4v) is 3.50. The number of rotatable bonds is 5. The van der Waals surface area contributed by atoms with Crippen LogP contribution >= 0.6 is 0 Å². The molecule has 0 fully saturated rings. The van der Waals surface area contributed by atoms with Crippen LogP contribution in [0.25, 0.3) is 0 Å². The highest BCUT2D eigenvalue weighted by molar-refractivity contribution is 7.89. The number of fused-ring (bicyclic) bond motifs is 1. The van der Waals surface area contributed by atoms with E-state index in [0.717, 1.165) is 30.6 Å². The maximum atomic E-state index is 12.3. The molecule has 1 aliphatic heterocycles. The van der Waals surface area contributed by atoms with Crippen molar-refractivity contribution in [2.45, 2.75) is 17.7 Å². The molecule has 5 N–H and O–H groups in total. The molecular weight excluding hydrogens is 280 g/mol. The summed E-state index contributed by atoms with van der Waals surface area (Å²) in [6.45, 7) is 1.11. The van der Waals surface area contributed by atoms with E-state index in [1.54, 1.807) is 12.1 Å². The molecular formula is C12H18N4O3S. The van der Waals surface area contributed by atoms with Crippen molar-refractivity contribution in [3.63, 3.8) is 0 Å². The third-order valence-corrected chi connectivity index (χ3v) is 4.60. The first kappa shape index (κ1) is 14.6. The number of sulfonamides is 1. The van der Waals surface area contributed by atoms with Gasteiger partial charge in [-0.15, -0.1) is 0 Å². The van der Waals surface area contributed by atoms with Gasteiger partial charge in [-0.3, -0.25) is 0 Å². The minimum absolute atomic E-state index is 0.0996. The van der Waals surface area contributed by atoms with Crippen LogP contribution in [0.15, 0.2) is 23.1 Å². The second-order valence-electron chi connectivity index (χ2n) is 4.50. The zero-order valence-corrected chi connectivity index (χ0v) is 11.8. The van der Waals surface area contributed by atoms with E-state index in [9.17, 15) is 13.2 Å². The topological polar surface area (TPSA) is 113 Å². The van der Waals surface area contributed by atoms with Crippen LogP contribution in [0, 0.1) is 0 Å². The van der Waals surface area contributed by atoms with Gasteiger partial charge in [0, 0.05) is 25.3 Å². The minimum atomic E-state index is -3.58. The lowest BCUT2D eigenvalue weighted by molar-refractivity contribution is 0.249. The molecule has 0 saturated carbocycles. The van der Waals surface area contributed by atoms with E-state index in [-0.39, 0.29) is 13.1 Å². The molecule has 0 aliphatic carbocycles. The van der Waals surface area contributed by atoms with Crippen LogP contribution in [-0.2, 0) is 16.4 Å². The molecule has 1 heterocycles. The predicted molar refractivity (Wildman–Crippen MR) is 76.0 cm³/mol. The number of hydrogen-bond donors (Lipinski definition) is 4. The SMILES string of the molecule is NC(=O)NCCNS(=O)(=O)c1cccc2c1CCCN2. The summed E-state index contributed by atoms with van der Waals surface area (Å²) in [6.07, 6.45) is 1.64. The van der Waals surface area contributed by atoms with E-state index in [1.165, 1.54) is 0 Å². The Kier molecular flexibility index (Phi) is 4.46. The molecule has 2 amide bonds. The van der Waals surface area contributed by atoms with Crippen LogP contribution in [-0.4, -0.2) is 34.1 Å². The van der Waals surface area contributed by atoms with Crippen molar-refractivity contribution in [1.29, 1.82) is 0 Å². The van der Waals surface area contributed by atoms with E-state index in [1.807, 2.05) is 6.07 Å². The van der Waals surface area contributed by atoms with Crippen molar-refractivity contribution in [2.75, 3.05) is 25.0 Å². The summed E-state index contributed by atoms with van der Waals surface area (Å²) in [5.74, 6) is 0. The molecule has 110 valence electrons. The molecule has 7 nitrogen and oxygen atoms in total. The average Bonchev–Trinajstić information content (AvgIpc) is 2.43. The van der Waals surface area contributed by atoms with Gasteiger partial charge in [-0.25, -0.2) is 17.9 Å². The molecule has 0 saturated heterocycles. The lowest BCUT2D eigenvalue weighted by Crippen LogP contribution is -2.37. The van der Waals surface area contributed by atoms with Gasteiger partial charge in [0.1, 0.15) is 0 Å². The third kappa shape index (κ3) is 3.40. The smallest absolute Gasteiger partial charge is 0.312 e. The monoisotopic (exact) mass is 298 g/mol. The lowest BCUT2D eigenvalue weighted by Gasteiger charge is -2.21. The van der Waals surface area contributed by atoms with Gasteiger partial charge in [-0.05, 0) is 30.5 Å². The summed E-state index contributed by atoms with van der Waals surface area (Å²) in [5.41, 5.74) is 6.59. The highest BCUT2D eigenvalue weighted by Crippen LogP contribution is 2.28. The number of amides is 2. The molecule has 20 heavy (non-hydrogen) atoms. The van der Waals surface area contributed by atoms with Gasteiger partial charge in [0.25, 0.3) is 0 Å². The molecule has 0 spiro atoms. The summed E-state index contributed by atoms with van der Waals surface area (Å²) >= 11 is 0. The first-order valence-electron chi connectivity index (χ1n) is 6.39. The first-order chi connectivity index (χ1) is 9.50. The van der Waals surface area contributed by atoms with Crippen molar-refractivity contribution >= 4 is 21.7 Å². The Morgan fingerprint density at radius 3 is 2.90 bits per heavy atom. The standard InChI is InChI=1S/C12H18N4O3S/c13-12(17)15-7-8-16-20(18,19)11-5-1-4-10-9(11)3-2-6-14-10/h1,4-5,14,16H,2-3,6-8H2,(H3,13,15,17). The summed E-state index contributed by atoms with van der Waals surface area (Å²) in [4.78, 5) is 10.8. The summed E-state index contributed by atoms with van der Waals surface area (Å²) < 4.78 is 27.0. The number of nitrogens with two attached hydrogens (primary N) is 1. The Balaban J connectivity index is 2.11. The fourth-order valence-electron chi connectivity index (χ4n) is 2.18. The number of primary amides is 1. The number of anilines is 1. The molecule has 0 atom stereocenters. The molecule has 0 aromatic heterocycles. The van der Waals surface area contributed by atoms with E-state index in [2.05, 4.69) is 15.4 Å². The molecule has 1 aromatic rings. The normalized spacial score (nSPS) is 14.2. The third-order valence-electron chi connectivity index (χ3n) is 3.06.